The van der Waals surface area contributed by atoms with Crippen molar-refractivity contribution in [2.45, 2.75) is 104 Å². The minimum absolute atomic E-state index is 0.301. The van der Waals surface area contributed by atoms with Gasteiger partial charge in [0.1, 0.15) is 12.4 Å². The van der Waals surface area contributed by atoms with Gasteiger partial charge in [-0.3, -0.25) is 0 Å². The molecule has 2 aliphatic rings. The summed E-state index contributed by atoms with van der Waals surface area (Å²) < 4.78 is 35.5. The second-order valence-electron chi connectivity index (χ2n) is 11.5. The van der Waals surface area contributed by atoms with Crippen LogP contribution in [-0.4, -0.2) is 6.61 Å². The zero-order chi connectivity index (χ0) is 25.3. The van der Waals surface area contributed by atoms with E-state index in [4.69, 9.17) is 4.74 Å². The molecule has 0 amide bonds. The highest BCUT2D eigenvalue weighted by Crippen LogP contribution is 2.43. The Kier molecular flexibility index (Phi) is 10.2. The average molecular weight is 497 g/mol. The number of hydrogen-bond acceptors (Lipinski definition) is 1. The largest absolute Gasteiger partial charge is 0.490 e. The van der Waals surface area contributed by atoms with Crippen molar-refractivity contribution in [1.29, 1.82) is 0 Å². The molecule has 198 valence electrons. The lowest BCUT2D eigenvalue weighted by Gasteiger charge is -2.38. The lowest BCUT2D eigenvalue weighted by atomic mass is 9.68. The van der Waals surface area contributed by atoms with E-state index >= 15 is 0 Å². The van der Waals surface area contributed by atoms with Gasteiger partial charge in [0.25, 0.3) is 0 Å². The fraction of sp³-hybridized carbons (Fsp3) is 0.636. The van der Waals surface area contributed by atoms with Crippen molar-refractivity contribution in [3.8, 4) is 5.75 Å². The molecule has 0 unspecified atom stereocenters. The predicted molar refractivity (Wildman–Crippen MR) is 148 cm³/mol. The Morgan fingerprint density at radius 1 is 0.833 bits per heavy atom. The molecule has 0 atom stereocenters. The van der Waals surface area contributed by atoms with Gasteiger partial charge in [-0.05, 0) is 98.3 Å². The van der Waals surface area contributed by atoms with Crippen LogP contribution in [0.5, 0.6) is 5.75 Å². The molecule has 0 aliphatic heterocycles. The molecule has 0 aromatic heterocycles. The molecule has 1 nitrogen and oxygen atoms in total. The summed E-state index contributed by atoms with van der Waals surface area (Å²) in [6.07, 6.45) is 21.9. The van der Waals surface area contributed by atoms with Gasteiger partial charge in [0.15, 0.2) is 11.6 Å². The van der Waals surface area contributed by atoms with Crippen LogP contribution in [0.4, 0.5) is 8.78 Å². The van der Waals surface area contributed by atoms with E-state index < -0.39 is 11.6 Å². The molecule has 2 aliphatic carbocycles. The second kappa shape index (κ2) is 13.6. The fourth-order valence-electron chi connectivity index (χ4n) is 6.81. The molecular formula is C33H46F2O. The Morgan fingerprint density at radius 3 is 2.14 bits per heavy atom. The van der Waals surface area contributed by atoms with Crippen LogP contribution in [0.1, 0.15) is 103 Å². The number of halogens is 2. The zero-order valence-electron chi connectivity index (χ0n) is 22.5. The second-order valence-corrected chi connectivity index (χ2v) is 11.5. The average Bonchev–Trinajstić information content (AvgIpc) is 2.91. The first-order chi connectivity index (χ1) is 17.6. The molecule has 0 N–H and O–H groups in total. The SMILES string of the molecule is CC=CCOc1ccc2cc(CCC3CCC(C4CCC(CCCCC)CC4)CC3)c(F)c(F)c2c1. The Bertz CT molecular complexity index is 981. The Morgan fingerprint density at radius 2 is 1.50 bits per heavy atom. The lowest BCUT2D eigenvalue weighted by Crippen LogP contribution is -2.26. The number of aryl methyl sites for hydroxylation is 1. The van der Waals surface area contributed by atoms with Crippen LogP contribution in [0.25, 0.3) is 10.8 Å². The first-order valence-electron chi connectivity index (χ1n) is 14.7. The highest BCUT2D eigenvalue weighted by Gasteiger charge is 2.30. The Hall–Kier alpha value is -1.90. The summed E-state index contributed by atoms with van der Waals surface area (Å²) in [7, 11) is 0. The number of unbranched alkanes of at least 4 members (excludes halogenated alkanes) is 2. The Balaban J connectivity index is 1.25. The van der Waals surface area contributed by atoms with E-state index in [0.29, 0.717) is 35.6 Å². The van der Waals surface area contributed by atoms with E-state index in [9.17, 15) is 8.78 Å². The maximum atomic E-state index is 14.9. The normalized spacial score (nSPS) is 25.0. The summed E-state index contributed by atoms with van der Waals surface area (Å²) in [4.78, 5) is 0. The van der Waals surface area contributed by atoms with Crippen LogP contribution < -0.4 is 4.74 Å². The van der Waals surface area contributed by atoms with Gasteiger partial charge in [-0.25, -0.2) is 8.78 Å². The van der Waals surface area contributed by atoms with E-state index in [0.717, 1.165) is 29.6 Å². The fourth-order valence-corrected chi connectivity index (χ4v) is 6.81. The number of ether oxygens (including phenoxy) is 1. The third-order valence-corrected chi connectivity index (χ3v) is 9.13. The third kappa shape index (κ3) is 7.11. The van der Waals surface area contributed by atoms with Crippen LogP contribution in [0.3, 0.4) is 0 Å². The van der Waals surface area contributed by atoms with E-state index in [2.05, 4.69) is 6.92 Å². The third-order valence-electron chi connectivity index (χ3n) is 9.13. The summed E-state index contributed by atoms with van der Waals surface area (Å²) >= 11 is 0. The molecule has 0 spiro atoms. The highest BCUT2D eigenvalue weighted by atomic mass is 19.2. The van der Waals surface area contributed by atoms with Gasteiger partial charge < -0.3 is 4.74 Å². The lowest BCUT2D eigenvalue weighted by molar-refractivity contribution is 0.140. The number of rotatable bonds is 11. The van der Waals surface area contributed by atoms with Gasteiger partial charge in [0, 0.05) is 5.39 Å². The number of hydrogen-bond donors (Lipinski definition) is 0. The molecule has 0 heterocycles. The van der Waals surface area contributed by atoms with Gasteiger partial charge in [0.2, 0.25) is 0 Å². The smallest absolute Gasteiger partial charge is 0.167 e. The molecule has 0 radical (unpaired) electrons. The minimum Gasteiger partial charge on any atom is -0.490 e. The molecule has 3 heteroatoms. The minimum atomic E-state index is -0.743. The molecule has 0 bridgehead atoms. The van der Waals surface area contributed by atoms with Crippen LogP contribution in [0.15, 0.2) is 36.4 Å². The van der Waals surface area contributed by atoms with Crippen molar-refractivity contribution >= 4 is 10.8 Å². The first-order valence-corrected chi connectivity index (χ1v) is 14.7. The number of benzene rings is 2. The van der Waals surface area contributed by atoms with Gasteiger partial charge in [-0.2, -0.15) is 0 Å². The molecule has 0 saturated heterocycles. The van der Waals surface area contributed by atoms with Gasteiger partial charge in [-0.1, -0.05) is 76.5 Å². The topological polar surface area (TPSA) is 9.23 Å². The molecule has 2 aromatic rings. The monoisotopic (exact) mass is 496 g/mol. The van der Waals surface area contributed by atoms with Crippen LogP contribution >= 0.6 is 0 Å². The molecule has 2 fully saturated rings. The van der Waals surface area contributed by atoms with Crippen LogP contribution in [0.2, 0.25) is 0 Å². The van der Waals surface area contributed by atoms with Crippen LogP contribution in [-0.2, 0) is 6.42 Å². The van der Waals surface area contributed by atoms with Crippen molar-refractivity contribution in [2.75, 3.05) is 6.61 Å². The maximum Gasteiger partial charge on any atom is 0.167 e. The highest BCUT2D eigenvalue weighted by molar-refractivity contribution is 5.85. The van der Waals surface area contributed by atoms with Crippen molar-refractivity contribution in [1.82, 2.24) is 0 Å². The summed E-state index contributed by atoms with van der Waals surface area (Å²) in [5.41, 5.74) is 0.520. The summed E-state index contributed by atoms with van der Waals surface area (Å²) in [5.74, 6) is 2.61. The van der Waals surface area contributed by atoms with Crippen LogP contribution in [0, 0.1) is 35.3 Å². The van der Waals surface area contributed by atoms with Crippen molar-refractivity contribution in [3.63, 3.8) is 0 Å². The quantitative estimate of drug-likeness (QED) is 0.222. The molecular weight excluding hydrogens is 450 g/mol. The van der Waals surface area contributed by atoms with Crippen molar-refractivity contribution < 1.29 is 13.5 Å². The predicted octanol–water partition coefficient (Wildman–Crippen LogP) is 10.2. The first kappa shape index (κ1) is 27.1. The standard InChI is InChI=1S/C33H46F2O/c1-3-5-7-8-24-9-14-26(15-10-24)27-16-11-25(12-17-27)13-18-29-22-28-19-20-30(36-21-6-4-2)23-31(28)33(35)32(29)34/h4,6,19-20,22-27H,3,5,7-18,21H2,1-2H3. The molecule has 2 aromatic carbocycles. The van der Waals surface area contributed by atoms with E-state index in [-0.39, 0.29) is 0 Å². The van der Waals surface area contributed by atoms with E-state index in [1.165, 1.54) is 77.0 Å². The van der Waals surface area contributed by atoms with Gasteiger partial charge >= 0.3 is 0 Å². The Labute approximate surface area is 217 Å². The van der Waals surface area contributed by atoms with E-state index in [1.54, 1.807) is 6.07 Å². The maximum absolute atomic E-state index is 14.9. The van der Waals surface area contributed by atoms with E-state index in [1.807, 2.05) is 37.3 Å². The molecule has 4 rings (SSSR count). The van der Waals surface area contributed by atoms with Crippen molar-refractivity contribution in [3.05, 3.63) is 53.6 Å². The molecule has 36 heavy (non-hydrogen) atoms. The molecule has 2 saturated carbocycles. The summed E-state index contributed by atoms with van der Waals surface area (Å²) in [6, 6.07) is 7.14. The van der Waals surface area contributed by atoms with Gasteiger partial charge in [-0.15, -0.1) is 0 Å². The zero-order valence-corrected chi connectivity index (χ0v) is 22.5. The number of allylic oxidation sites excluding steroid dienone is 1. The summed E-state index contributed by atoms with van der Waals surface area (Å²) in [5, 5.41) is 1.05. The number of fused-ring (bicyclic) bond motifs is 1. The van der Waals surface area contributed by atoms with Crippen molar-refractivity contribution in [2.24, 2.45) is 23.7 Å². The van der Waals surface area contributed by atoms with Gasteiger partial charge in [0.05, 0.1) is 0 Å². The summed E-state index contributed by atoms with van der Waals surface area (Å²) in [6.45, 7) is 4.64.